The van der Waals surface area contributed by atoms with E-state index in [1.54, 1.807) is 6.07 Å². The monoisotopic (exact) mass is 236 g/mol. The van der Waals surface area contributed by atoms with E-state index in [1.165, 1.54) is 6.07 Å². The summed E-state index contributed by atoms with van der Waals surface area (Å²) in [6.45, 7) is 4.35. The van der Waals surface area contributed by atoms with E-state index in [1.807, 2.05) is 13.0 Å². The smallest absolute Gasteiger partial charge is 0.354 e. The molecule has 0 amide bonds. The van der Waals surface area contributed by atoms with Gasteiger partial charge in [-0.3, -0.25) is 0 Å². The van der Waals surface area contributed by atoms with Gasteiger partial charge in [0.05, 0.1) is 6.10 Å². The van der Waals surface area contributed by atoms with E-state index in [0.717, 1.165) is 26.1 Å². The molecule has 1 unspecified atom stereocenters. The van der Waals surface area contributed by atoms with Gasteiger partial charge in [0.15, 0.2) is 5.69 Å². The third kappa shape index (κ3) is 2.94. The molecule has 5 nitrogen and oxygen atoms in total. The van der Waals surface area contributed by atoms with E-state index in [2.05, 4.69) is 9.88 Å². The van der Waals surface area contributed by atoms with Crippen LogP contribution in [-0.2, 0) is 4.74 Å². The molecular formula is C12H16N2O3. The van der Waals surface area contributed by atoms with Gasteiger partial charge >= 0.3 is 5.97 Å². The van der Waals surface area contributed by atoms with Crippen LogP contribution < -0.4 is 4.90 Å². The number of hydrogen-bond acceptors (Lipinski definition) is 4. The Bertz CT molecular complexity index is 408. The van der Waals surface area contributed by atoms with Gasteiger partial charge in [-0.05, 0) is 25.5 Å². The summed E-state index contributed by atoms with van der Waals surface area (Å²) in [5.41, 5.74) is 0.0836. The molecule has 0 aliphatic carbocycles. The quantitative estimate of drug-likeness (QED) is 0.840. The summed E-state index contributed by atoms with van der Waals surface area (Å²) >= 11 is 0. The number of carboxylic acid groups (broad SMARTS) is 1. The van der Waals surface area contributed by atoms with Crippen LogP contribution in [0.3, 0.4) is 0 Å². The van der Waals surface area contributed by atoms with Gasteiger partial charge in [-0.2, -0.15) is 0 Å². The van der Waals surface area contributed by atoms with Crippen molar-refractivity contribution in [2.75, 3.05) is 24.6 Å². The van der Waals surface area contributed by atoms with Crippen molar-refractivity contribution in [1.82, 2.24) is 4.98 Å². The predicted octanol–water partition coefficient (Wildman–Crippen LogP) is 1.40. The van der Waals surface area contributed by atoms with Gasteiger partial charge in [0.2, 0.25) is 0 Å². The lowest BCUT2D eigenvalue weighted by Crippen LogP contribution is -2.31. The van der Waals surface area contributed by atoms with Gasteiger partial charge in [-0.1, -0.05) is 6.07 Å². The lowest BCUT2D eigenvalue weighted by atomic mass is 10.3. The van der Waals surface area contributed by atoms with Crippen molar-refractivity contribution in [2.45, 2.75) is 19.4 Å². The lowest BCUT2D eigenvalue weighted by Gasteiger charge is -2.23. The molecule has 1 aliphatic heterocycles. The van der Waals surface area contributed by atoms with Crippen molar-refractivity contribution in [3.8, 4) is 0 Å². The number of hydrogen-bond donors (Lipinski definition) is 1. The van der Waals surface area contributed by atoms with Gasteiger partial charge in [0.1, 0.15) is 5.82 Å². The summed E-state index contributed by atoms with van der Waals surface area (Å²) < 4.78 is 5.55. The molecule has 1 N–H and O–H groups in total. The minimum Gasteiger partial charge on any atom is -0.477 e. The average molecular weight is 236 g/mol. The van der Waals surface area contributed by atoms with Crippen molar-refractivity contribution < 1.29 is 14.6 Å². The highest BCUT2D eigenvalue weighted by molar-refractivity contribution is 5.85. The van der Waals surface area contributed by atoms with Crippen LogP contribution in [0.25, 0.3) is 0 Å². The molecule has 1 aromatic rings. The second-order valence-electron chi connectivity index (χ2n) is 4.17. The van der Waals surface area contributed by atoms with Gasteiger partial charge in [0.25, 0.3) is 0 Å². The second kappa shape index (κ2) is 5.14. The fraction of sp³-hybridized carbons (Fsp3) is 0.500. The summed E-state index contributed by atoms with van der Waals surface area (Å²) in [6, 6.07) is 5.07. The van der Waals surface area contributed by atoms with Gasteiger partial charge < -0.3 is 14.7 Å². The first-order valence-corrected chi connectivity index (χ1v) is 5.73. The highest BCUT2D eigenvalue weighted by Gasteiger charge is 2.17. The Morgan fingerprint density at radius 3 is 3.18 bits per heavy atom. The highest BCUT2D eigenvalue weighted by atomic mass is 16.5. The van der Waals surface area contributed by atoms with Crippen molar-refractivity contribution in [3.63, 3.8) is 0 Å². The summed E-state index contributed by atoms with van der Waals surface area (Å²) in [5.74, 6) is -0.284. The number of rotatable bonds is 2. The van der Waals surface area contributed by atoms with E-state index in [-0.39, 0.29) is 11.8 Å². The number of carboxylic acids is 1. The van der Waals surface area contributed by atoms with E-state index >= 15 is 0 Å². The molecule has 1 aromatic heterocycles. The number of carbonyl (C=O) groups is 1. The number of aromatic carboxylic acids is 1. The van der Waals surface area contributed by atoms with Crippen LogP contribution in [0.2, 0.25) is 0 Å². The van der Waals surface area contributed by atoms with Crippen molar-refractivity contribution >= 4 is 11.8 Å². The lowest BCUT2D eigenvalue weighted by molar-refractivity contribution is 0.0690. The van der Waals surface area contributed by atoms with E-state index in [4.69, 9.17) is 9.84 Å². The normalized spacial score (nSPS) is 21.0. The molecule has 1 saturated heterocycles. The third-order valence-corrected chi connectivity index (χ3v) is 2.73. The molecule has 2 heterocycles. The SMILES string of the molecule is CC1CN(c2cccc(C(=O)O)n2)CCCO1. The molecule has 0 radical (unpaired) electrons. The summed E-state index contributed by atoms with van der Waals surface area (Å²) in [5, 5.41) is 8.91. The Morgan fingerprint density at radius 1 is 1.59 bits per heavy atom. The van der Waals surface area contributed by atoms with Crippen LogP contribution in [0.15, 0.2) is 18.2 Å². The van der Waals surface area contributed by atoms with E-state index < -0.39 is 5.97 Å². The maximum atomic E-state index is 10.9. The van der Waals surface area contributed by atoms with Crippen LogP contribution in [-0.4, -0.2) is 41.9 Å². The van der Waals surface area contributed by atoms with Crippen molar-refractivity contribution in [2.24, 2.45) is 0 Å². The Hall–Kier alpha value is -1.62. The van der Waals surface area contributed by atoms with Crippen molar-refractivity contribution in [1.29, 1.82) is 0 Å². The first-order chi connectivity index (χ1) is 8.16. The first kappa shape index (κ1) is 11.9. The number of ether oxygens (including phenoxy) is 1. The van der Waals surface area contributed by atoms with E-state index in [0.29, 0.717) is 5.82 Å². The summed E-state index contributed by atoms with van der Waals surface area (Å²) in [6.07, 6.45) is 1.08. The highest BCUT2D eigenvalue weighted by Crippen LogP contribution is 2.15. The molecule has 1 atom stereocenters. The van der Waals surface area contributed by atoms with Gasteiger partial charge in [-0.15, -0.1) is 0 Å². The summed E-state index contributed by atoms with van der Waals surface area (Å²) in [4.78, 5) is 17.1. The number of pyridine rings is 1. The number of anilines is 1. The molecule has 0 aromatic carbocycles. The fourth-order valence-electron chi connectivity index (χ4n) is 1.92. The average Bonchev–Trinajstić information content (AvgIpc) is 2.54. The largest absolute Gasteiger partial charge is 0.477 e. The Morgan fingerprint density at radius 2 is 2.41 bits per heavy atom. The number of aromatic nitrogens is 1. The molecule has 0 saturated carbocycles. The topological polar surface area (TPSA) is 62.7 Å². The van der Waals surface area contributed by atoms with Crippen LogP contribution in [0.5, 0.6) is 0 Å². The van der Waals surface area contributed by atoms with Gasteiger partial charge in [0, 0.05) is 19.7 Å². The zero-order valence-electron chi connectivity index (χ0n) is 9.80. The van der Waals surface area contributed by atoms with Crippen LogP contribution in [0.4, 0.5) is 5.82 Å². The molecule has 1 fully saturated rings. The first-order valence-electron chi connectivity index (χ1n) is 5.73. The molecule has 0 spiro atoms. The maximum Gasteiger partial charge on any atom is 0.354 e. The van der Waals surface area contributed by atoms with Gasteiger partial charge in [-0.25, -0.2) is 9.78 Å². The van der Waals surface area contributed by atoms with E-state index in [9.17, 15) is 4.79 Å². The maximum absolute atomic E-state index is 10.9. The molecule has 1 aliphatic rings. The predicted molar refractivity (Wildman–Crippen MR) is 63.4 cm³/mol. The molecule has 0 bridgehead atoms. The van der Waals surface area contributed by atoms with Crippen LogP contribution in [0, 0.1) is 0 Å². The molecular weight excluding hydrogens is 220 g/mol. The molecule has 5 heteroatoms. The summed E-state index contributed by atoms with van der Waals surface area (Å²) in [7, 11) is 0. The van der Waals surface area contributed by atoms with Crippen LogP contribution >= 0.6 is 0 Å². The standard InChI is InChI=1S/C12H16N2O3/c1-9-8-14(6-3-7-17-9)11-5-2-4-10(13-11)12(15)16/h2,4-5,9H,3,6-8H2,1H3,(H,15,16). The zero-order valence-corrected chi connectivity index (χ0v) is 9.80. The Balaban J connectivity index is 2.20. The van der Waals surface area contributed by atoms with Crippen molar-refractivity contribution in [3.05, 3.63) is 23.9 Å². The third-order valence-electron chi connectivity index (χ3n) is 2.73. The molecule has 2 rings (SSSR count). The second-order valence-corrected chi connectivity index (χ2v) is 4.17. The number of nitrogens with zero attached hydrogens (tertiary/aromatic N) is 2. The minimum absolute atomic E-state index is 0.0836. The van der Waals surface area contributed by atoms with Crippen LogP contribution in [0.1, 0.15) is 23.8 Å². The Labute approximate surface area is 100 Å². The fourth-order valence-corrected chi connectivity index (χ4v) is 1.92. The molecule has 17 heavy (non-hydrogen) atoms. The molecule has 92 valence electrons. The minimum atomic E-state index is -0.994. The Kier molecular flexibility index (Phi) is 3.58. The zero-order chi connectivity index (χ0) is 12.3.